The third kappa shape index (κ3) is 7.60. The first-order chi connectivity index (χ1) is 18.0. The van der Waals surface area contributed by atoms with Gasteiger partial charge in [0.25, 0.3) is 0 Å². The third-order valence-electron chi connectivity index (χ3n) is 6.67. The molecule has 1 aromatic heterocycles. The molecule has 0 unspecified atom stereocenters. The van der Waals surface area contributed by atoms with E-state index in [9.17, 15) is 4.79 Å². The van der Waals surface area contributed by atoms with Crippen LogP contribution in [0.15, 0.2) is 47.3 Å². The van der Waals surface area contributed by atoms with Crippen LogP contribution in [0.5, 0.6) is 0 Å². The van der Waals surface area contributed by atoms with E-state index in [4.69, 9.17) is 23.7 Å². The van der Waals surface area contributed by atoms with Crippen LogP contribution in [-0.4, -0.2) is 87.6 Å². The highest BCUT2D eigenvalue weighted by atomic mass is 16.6. The first-order valence-corrected chi connectivity index (χ1v) is 13.2. The number of benzene rings is 2. The number of hydrogen-bond acceptors (Lipinski definition) is 7. The lowest BCUT2D eigenvalue weighted by Crippen LogP contribution is -2.33. The summed E-state index contributed by atoms with van der Waals surface area (Å²) in [6, 6.07) is 13.8. The van der Waals surface area contributed by atoms with E-state index in [-0.39, 0.29) is 17.6 Å². The number of hydrogen-bond donors (Lipinski definition) is 0. The first kappa shape index (κ1) is 27.7. The minimum absolute atomic E-state index is 0.00918. The quantitative estimate of drug-likeness (QED) is 0.488. The van der Waals surface area contributed by atoms with E-state index in [2.05, 4.69) is 15.5 Å². The average Bonchev–Trinajstić information content (AvgIpc) is 2.90. The zero-order valence-electron chi connectivity index (χ0n) is 22.3. The number of para-hydroxylation sites is 2. The Labute approximate surface area is 219 Å². The Morgan fingerprint density at radius 1 is 0.757 bits per heavy atom. The zero-order chi connectivity index (χ0) is 26.0. The van der Waals surface area contributed by atoms with Crippen LogP contribution < -0.4 is 5.43 Å². The van der Waals surface area contributed by atoms with Gasteiger partial charge in [0.1, 0.15) is 0 Å². The first-order valence-electron chi connectivity index (χ1n) is 13.2. The Morgan fingerprint density at radius 2 is 1.35 bits per heavy atom. The molecule has 1 aliphatic rings. The van der Waals surface area contributed by atoms with Crippen LogP contribution >= 0.6 is 0 Å². The fourth-order valence-corrected chi connectivity index (χ4v) is 4.73. The second-order valence-corrected chi connectivity index (χ2v) is 9.62. The monoisotopic (exact) mass is 512 g/mol. The summed E-state index contributed by atoms with van der Waals surface area (Å²) in [5.74, 6) is 0. The van der Waals surface area contributed by atoms with Gasteiger partial charge >= 0.3 is 0 Å². The van der Waals surface area contributed by atoms with Crippen LogP contribution in [0.1, 0.15) is 19.4 Å². The van der Waals surface area contributed by atoms with Crippen molar-refractivity contribution in [2.75, 3.05) is 65.9 Å². The molecule has 1 aliphatic heterocycles. The summed E-state index contributed by atoms with van der Waals surface area (Å²) in [4.78, 5) is 15.6. The van der Waals surface area contributed by atoms with Crippen molar-refractivity contribution >= 4 is 21.8 Å². The lowest BCUT2D eigenvalue weighted by molar-refractivity contribution is -0.0520. The lowest BCUT2D eigenvalue weighted by atomic mass is 10.0. The maximum Gasteiger partial charge on any atom is 0.197 e. The number of ether oxygens (including phenoxy) is 5. The highest BCUT2D eigenvalue weighted by Gasteiger charge is 2.15. The molecular formula is C29H40N2O6. The van der Waals surface area contributed by atoms with Crippen molar-refractivity contribution in [3.63, 3.8) is 0 Å². The largest absolute Gasteiger partial charge is 0.377 e. The average molecular weight is 513 g/mol. The number of pyridine rings is 1. The number of aromatic nitrogens is 1. The van der Waals surface area contributed by atoms with E-state index in [1.807, 2.05) is 57.3 Å². The normalized spacial score (nSPS) is 22.6. The molecule has 0 radical (unpaired) electrons. The Hall–Kier alpha value is -2.33. The maximum atomic E-state index is 13.3. The Bertz CT molecular complexity index is 1170. The van der Waals surface area contributed by atoms with Crippen LogP contribution in [-0.2, 0) is 37.3 Å². The van der Waals surface area contributed by atoms with Gasteiger partial charge in [0, 0.05) is 37.5 Å². The fraction of sp³-hybridized carbons (Fsp3) is 0.552. The standard InChI is InChI=1S/C29H40N2O6/c1-22-20-34-17-15-33-16-18-35-21-23(2)37-14-12-31(11-13-36-22)19-24-7-6-9-26-28(24)30(3)27-10-5-4-8-25(27)29(26)32/h4-10,22-23H,11-21H2,1-3H3/t22-,23-/m0/s1. The molecule has 8 nitrogen and oxygen atoms in total. The maximum absolute atomic E-state index is 13.3. The predicted molar refractivity (Wildman–Crippen MR) is 145 cm³/mol. The number of fused-ring (bicyclic) bond motifs is 2. The highest BCUT2D eigenvalue weighted by Crippen LogP contribution is 2.22. The van der Waals surface area contributed by atoms with Gasteiger partial charge in [-0.25, -0.2) is 0 Å². The van der Waals surface area contributed by atoms with Crippen LogP contribution in [0, 0.1) is 0 Å². The van der Waals surface area contributed by atoms with E-state index in [1.54, 1.807) is 0 Å². The number of rotatable bonds is 2. The summed E-state index contributed by atoms with van der Waals surface area (Å²) in [6.07, 6.45) is -0.0184. The van der Waals surface area contributed by atoms with Gasteiger partial charge in [-0.1, -0.05) is 24.3 Å². The molecule has 2 atom stereocenters. The minimum Gasteiger partial charge on any atom is -0.377 e. The van der Waals surface area contributed by atoms with E-state index in [1.165, 1.54) is 0 Å². The SMILES string of the molecule is C[C@H]1COCCOCCOC[C@H](C)OCCN(Cc2cccc3c(=O)c4ccccc4n(C)c23)CCO1. The molecule has 8 heteroatoms. The van der Waals surface area contributed by atoms with Crippen LogP contribution in [0.25, 0.3) is 21.8 Å². The summed E-state index contributed by atoms with van der Waals surface area (Å²) in [5, 5.41) is 1.49. The predicted octanol–water partition coefficient (Wildman–Crippen LogP) is 3.37. The molecule has 1 saturated heterocycles. The van der Waals surface area contributed by atoms with Gasteiger partial charge in [-0.2, -0.15) is 0 Å². The Kier molecular flexibility index (Phi) is 10.5. The van der Waals surface area contributed by atoms with E-state index in [0.717, 1.165) is 40.5 Å². The smallest absolute Gasteiger partial charge is 0.197 e. The molecule has 0 spiro atoms. The zero-order valence-corrected chi connectivity index (χ0v) is 22.3. The summed E-state index contributed by atoms with van der Waals surface area (Å²) in [7, 11) is 2.04. The van der Waals surface area contributed by atoms with Crippen molar-refractivity contribution in [2.24, 2.45) is 7.05 Å². The van der Waals surface area contributed by atoms with Gasteiger partial charge in [0.15, 0.2) is 5.43 Å². The van der Waals surface area contributed by atoms with E-state index in [0.29, 0.717) is 59.4 Å². The van der Waals surface area contributed by atoms with Crippen molar-refractivity contribution in [1.29, 1.82) is 0 Å². The van der Waals surface area contributed by atoms with Crippen molar-refractivity contribution in [3.05, 3.63) is 58.3 Å². The molecule has 0 aliphatic carbocycles. The van der Waals surface area contributed by atoms with Crippen molar-refractivity contribution in [1.82, 2.24) is 9.47 Å². The summed E-state index contributed by atoms with van der Waals surface area (Å²) in [5.41, 5.74) is 3.09. The lowest BCUT2D eigenvalue weighted by Gasteiger charge is -2.25. The molecule has 3 aromatic rings. The molecule has 0 bridgehead atoms. The van der Waals surface area contributed by atoms with Gasteiger partial charge in [-0.05, 0) is 37.6 Å². The second kappa shape index (κ2) is 14.0. The van der Waals surface area contributed by atoms with E-state index < -0.39 is 0 Å². The molecule has 202 valence electrons. The third-order valence-corrected chi connectivity index (χ3v) is 6.67. The van der Waals surface area contributed by atoms with Crippen molar-refractivity contribution < 1.29 is 23.7 Å². The second-order valence-electron chi connectivity index (χ2n) is 9.62. The molecular weight excluding hydrogens is 472 g/mol. The van der Waals surface area contributed by atoms with Crippen LogP contribution in [0.3, 0.4) is 0 Å². The molecule has 1 fully saturated rings. The molecule has 0 saturated carbocycles. The molecule has 0 amide bonds. The molecule has 2 heterocycles. The van der Waals surface area contributed by atoms with E-state index >= 15 is 0 Å². The van der Waals surface area contributed by atoms with Gasteiger partial charge in [-0.3, -0.25) is 9.69 Å². The van der Waals surface area contributed by atoms with Gasteiger partial charge < -0.3 is 28.3 Å². The number of nitrogens with zero attached hydrogens (tertiary/aromatic N) is 2. The molecule has 2 aromatic carbocycles. The molecule has 0 N–H and O–H groups in total. The summed E-state index contributed by atoms with van der Waals surface area (Å²) < 4.78 is 31.1. The molecule has 37 heavy (non-hydrogen) atoms. The number of aryl methyl sites for hydroxylation is 1. The fourth-order valence-electron chi connectivity index (χ4n) is 4.73. The molecule has 4 rings (SSSR count). The van der Waals surface area contributed by atoms with Crippen molar-refractivity contribution in [3.8, 4) is 0 Å². The van der Waals surface area contributed by atoms with Gasteiger partial charge in [0.2, 0.25) is 0 Å². The van der Waals surface area contributed by atoms with Crippen molar-refractivity contribution in [2.45, 2.75) is 32.6 Å². The Morgan fingerprint density at radius 3 is 2.03 bits per heavy atom. The highest BCUT2D eigenvalue weighted by molar-refractivity contribution is 5.94. The van der Waals surface area contributed by atoms with Crippen LogP contribution in [0.2, 0.25) is 0 Å². The summed E-state index contributed by atoms with van der Waals surface area (Å²) in [6.45, 7) is 10.6. The van der Waals surface area contributed by atoms with Crippen LogP contribution in [0.4, 0.5) is 0 Å². The minimum atomic E-state index is -0.00918. The summed E-state index contributed by atoms with van der Waals surface area (Å²) >= 11 is 0. The Balaban J connectivity index is 1.53. The topological polar surface area (TPSA) is 71.4 Å². The van der Waals surface area contributed by atoms with Gasteiger partial charge in [0.05, 0.1) is 76.1 Å². The van der Waals surface area contributed by atoms with Gasteiger partial charge in [-0.15, -0.1) is 0 Å².